The average Bonchev–Trinajstić information content (AvgIpc) is 2.72. The van der Waals surface area contributed by atoms with E-state index in [9.17, 15) is 18.6 Å². The first kappa shape index (κ1) is 24.0. The van der Waals surface area contributed by atoms with Crippen LogP contribution in [0.2, 0.25) is 0 Å². The van der Waals surface area contributed by atoms with Crippen LogP contribution in [0.25, 0.3) is 0 Å². The lowest BCUT2D eigenvalue weighted by molar-refractivity contribution is 0.106. The number of aromatic hydroxyl groups is 1. The van der Waals surface area contributed by atoms with E-state index in [1.54, 1.807) is 24.3 Å². The van der Waals surface area contributed by atoms with Gasteiger partial charge in [-0.2, -0.15) is 0 Å². The van der Waals surface area contributed by atoms with Crippen molar-refractivity contribution in [3.63, 3.8) is 0 Å². The van der Waals surface area contributed by atoms with Crippen molar-refractivity contribution < 1.29 is 23.4 Å². The van der Waals surface area contributed by atoms with E-state index in [0.29, 0.717) is 30.9 Å². The lowest BCUT2D eigenvalue weighted by Gasteiger charge is -2.13. The second-order valence-corrected chi connectivity index (χ2v) is 9.08. The van der Waals surface area contributed by atoms with Crippen molar-refractivity contribution in [1.29, 1.82) is 0 Å². The van der Waals surface area contributed by atoms with Gasteiger partial charge in [0.25, 0.3) is 0 Å². The van der Waals surface area contributed by atoms with Crippen LogP contribution < -0.4 is 14.8 Å². The Morgan fingerprint density at radius 3 is 2.40 bits per heavy atom. The molecule has 2 rings (SSSR count). The molecule has 0 heterocycles. The van der Waals surface area contributed by atoms with Gasteiger partial charge in [0.15, 0.2) is 0 Å². The topological polar surface area (TPSA) is 108 Å². The monoisotopic (exact) mass is 436 g/mol. The van der Waals surface area contributed by atoms with Crippen LogP contribution in [0.3, 0.4) is 0 Å². The fourth-order valence-electron chi connectivity index (χ4n) is 2.81. The normalized spacial score (nSPS) is 12.5. The van der Waals surface area contributed by atoms with Crippen molar-refractivity contribution in [2.24, 2.45) is 0 Å². The number of hydrogen-bond donors (Lipinski definition) is 4. The molecule has 0 amide bonds. The molecule has 0 aliphatic rings. The van der Waals surface area contributed by atoms with Crippen LogP contribution in [0, 0.1) is 0 Å². The first-order valence-electron chi connectivity index (χ1n) is 10.3. The highest BCUT2D eigenvalue weighted by Gasteiger charge is 2.10. The third-order valence-corrected chi connectivity index (χ3v) is 5.87. The van der Waals surface area contributed by atoms with E-state index in [0.717, 1.165) is 24.8 Å². The minimum Gasteiger partial charge on any atom is -0.508 e. The van der Waals surface area contributed by atoms with Crippen molar-refractivity contribution in [2.45, 2.75) is 38.7 Å². The SMILES string of the molecule is CCCCCS(=O)(=O)Nc1ccc(CCNC[C@H](O)COc2ccc(O)cc2)cc1. The van der Waals surface area contributed by atoms with E-state index in [-0.39, 0.29) is 18.1 Å². The maximum atomic E-state index is 12.0. The summed E-state index contributed by atoms with van der Waals surface area (Å²) < 4.78 is 32.1. The summed E-state index contributed by atoms with van der Waals surface area (Å²) in [6.45, 7) is 3.27. The van der Waals surface area contributed by atoms with Gasteiger partial charge in [-0.1, -0.05) is 31.9 Å². The Balaban J connectivity index is 1.64. The van der Waals surface area contributed by atoms with Crippen molar-refractivity contribution in [3.8, 4) is 11.5 Å². The van der Waals surface area contributed by atoms with E-state index < -0.39 is 16.1 Å². The van der Waals surface area contributed by atoms with Crippen LogP contribution in [0.1, 0.15) is 31.7 Å². The molecule has 0 fully saturated rings. The predicted molar refractivity (Wildman–Crippen MR) is 120 cm³/mol. The number of sulfonamides is 1. The molecule has 0 saturated heterocycles. The third-order valence-electron chi connectivity index (χ3n) is 4.49. The van der Waals surface area contributed by atoms with Crippen LogP contribution in [0.4, 0.5) is 5.69 Å². The van der Waals surface area contributed by atoms with Gasteiger partial charge < -0.3 is 20.3 Å². The Morgan fingerprint density at radius 1 is 1.03 bits per heavy atom. The number of benzene rings is 2. The zero-order valence-corrected chi connectivity index (χ0v) is 18.2. The van der Waals surface area contributed by atoms with E-state index >= 15 is 0 Å². The van der Waals surface area contributed by atoms with Crippen molar-refractivity contribution >= 4 is 15.7 Å². The number of rotatable bonds is 14. The lowest BCUT2D eigenvalue weighted by atomic mass is 10.1. The smallest absolute Gasteiger partial charge is 0.232 e. The summed E-state index contributed by atoms with van der Waals surface area (Å²) in [5, 5.41) is 22.4. The van der Waals surface area contributed by atoms with E-state index in [1.165, 1.54) is 12.1 Å². The molecule has 2 aromatic carbocycles. The number of nitrogens with one attached hydrogen (secondary N) is 2. The highest BCUT2D eigenvalue weighted by molar-refractivity contribution is 7.92. The number of aliphatic hydroxyl groups is 1. The zero-order chi connectivity index (χ0) is 21.8. The van der Waals surface area contributed by atoms with Gasteiger partial charge in [-0.3, -0.25) is 4.72 Å². The summed E-state index contributed by atoms with van der Waals surface area (Å²) in [5.74, 6) is 0.903. The largest absolute Gasteiger partial charge is 0.508 e. The van der Waals surface area contributed by atoms with Crippen LogP contribution in [0.5, 0.6) is 11.5 Å². The minimum atomic E-state index is -3.29. The van der Waals surface area contributed by atoms with Crippen molar-refractivity contribution in [3.05, 3.63) is 54.1 Å². The van der Waals surface area contributed by atoms with Crippen LogP contribution in [-0.2, 0) is 16.4 Å². The molecule has 2 aromatic rings. The Labute approximate surface area is 179 Å². The Morgan fingerprint density at radius 2 is 1.73 bits per heavy atom. The van der Waals surface area contributed by atoms with Gasteiger partial charge in [-0.05, 0) is 61.3 Å². The molecule has 30 heavy (non-hydrogen) atoms. The first-order chi connectivity index (χ1) is 14.4. The molecular formula is C22H32N2O5S. The average molecular weight is 437 g/mol. The number of ether oxygens (including phenoxy) is 1. The number of phenolic OH excluding ortho intramolecular Hbond substituents is 1. The second-order valence-electron chi connectivity index (χ2n) is 7.24. The number of phenols is 1. The third kappa shape index (κ3) is 9.47. The molecule has 4 N–H and O–H groups in total. The molecular weight excluding hydrogens is 404 g/mol. The number of hydrogen-bond acceptors (Lipinski definition) is 6. The van der Waals surface area contributed by atoms with Gasteiger partial charge in [-0.25, -0.2) is 8.42 Å². The molecule has 8 heteroatoms. The van der Waals surface area contributed by atoms with E-state index in [1.807, 2.05) is 19.1 Å². The van der Waals surface area contributed by atoms with E-state index in [4.69, 9.17) is 4.74 Å². The molecule has 0 aliphatic heterocycles. The van der Waals surface area contributed by atoms with Crippen molar-refractivity contribution in [2.75, 3.05) is 30.2 Å². The fourth-order valence-corrected chi connectivity index (χ4v) is 3.99. The molecule has 0 bridgehead atoms. The molecule has 0 saturated carbocycles. The highest BCUT2D eigenvalue weighted by Crippen LogP contribution is 2.16. The molecule has 1 atom stereocenters. The summed E-state index contributed by atoms with van der Waals surface area (Å²) in [7, 11) is -3.29. The Kier molecular flexibility index (Phi) is 9.93. The fraction of sp³-hybridized carbons (Fsp3) is 0.455. The molecule has 7 nitrogen and oxygen atoms in total. The molecule has 0 aliphatic carbocycles. The summed E-state index contributed by atoms with van der Waals surface area (Å²) in [5.41, 5.74) is 1.65. The second kappa shape index (κ2) is 12.4. The lowest BCUT2D eigenvalue weighted by Crippen LogP contribution is -2.32. The van der Waals surface area contributed by atoms with Gasteiger partial charge in [0.2, 0.25) is 10.0 Å². The first-order valence-corrected chi connectivity index (χ1v) is 11.9. The van der Waals surface area contributed by atoms with E-state index in [2.05, 4.69) is 10.0 Å². The number of unbranched alkanes of at least 4 members (excludes halogenated alkanes) is 2. The standard InChI is InChI=1S/C22H32N2O5S/c1-2-3-4-15-30(27,28)24-19-7-5-18(6-8-19)13-14-23-16-21(26)17-29-22-11-9-20(25)10-12-22/h5-12,21,23-26H,2-4,13-17H2,1H3/t21-/m0/s1. The highest BCUT2D eigenvalue weighted by atomic mass is 32.2. The minimum absolute atomic E-state index is 0.144. The van der Waals surface area contributed by atoms with Crippen molar-refractivity contribution in [1.82, 2.24) is 5.32 Å². The van der Waals surface area contributed by atoms with Gasteiger partial charge in [-0.15, -0.1) is 0 Å². The van der Waals surface area contributed by atoms with Gasteiger partial charge in [0.05, 0.1) is 5.75 Å². The maximum absolute atomic E-state index is 12.0. The molecule has 0 radical (unpaired) electrons. The maximum Gasteiger partial charge on any atom is 0.232 e. The predicted octanol–water partition coefficient (Wildman–Crippen LogP) is 2.90. The molecule has 0 spiro atoms. The van der Waals surface area contributed by atoms with Gasteiger partial charge >= 0.3 is 0 Å². The molecule has 0 unspecified atom stereocenters. The number of aliphatic hydroxyl groups excluding tert-OH is 1. The van der Waals surface area contributed by atoms with Crippen LogP contribution in [0.15, 0.2) is 48.5 Å². The summed E-state index contributed by atoms with van der Waals surface area (Å²) in [6, 6.07) is 13.7. The Bertz CT molecular complexity index is 839. The zero-order valence-electron chi connectivity index (χ0n) is 17.4. The Hall–Kier alpha value is -2.29. The van der Waals surface area contributed by atoms with Crippen LogP contribution >= 0.6 is 0 Å². The quantitative estimate of drug-likeness (QED) is 0.339. The summed E-state index contributed by atoms with van der Waals surface area (Å²) in [6.07, 6.45) is 2.67. The van der Waals surface area contributed by atoms with Crippen LogP contribution in [-0.4, -0.2) is 50.2 Å². The van der Waals surface area contributed by atoms with Gasteiger partial charge in [0.1, 0.15) is 24.2 Å². The summed E-state index contributed by atoms with van der Waals surface area (Å²) >= 11 is 0. The molecule has 0 aromatic heterocycles. The molecule has 166 valence electrons. The summed E-state index contributed by atoms with van der Waals surface area (Å²) in [4.78, 5) is 0. The number of anilines is 1. The van der Waals surface area contributed by atoms with Gasteiger partial charge in [0, 0.05) is 12.2 Å².